The molecule has 0 aromatic heterocycles. The van der Waals surface area contributed by atoms with Gasteiger partial charge in [0.1, 0.15) is 0 Å². The minimum atomic E-state index is 0.195. The molecule has 0 heterocycles. The van der Waals surface area contributed by atoms with Crippen molar-refractivity contribution in [1.29, 1.82) is 0 Å². The Hall–Kier alpha value is -0.300. The molecule has 84 valence electrons. The predicted molar refractivity (Wildman–Crippen MR) is 71.5 cm³/mol. The Morgan fingerprint density at radius 2 is 1.13 bits per heavy atom. The molecule has 1 rings (SSSR count). The van der Waals surface area contributed by atoms with E-state index in [1.807, 2.05) is 0 Å². The average Bonchev–Trinajstić information content (AvgIpc) is 1.99. The van der Waals surface area contributed by atoms with Gasteiger partial charge < -0.3 is 0 Å². The predicted octanol–water partition coefficient (Wildman–Crippen LogP) is 5.04. The first kappa shape index (κ1) is 12.8. The molecule has 0 aliphatic rings. The van der Waals surface area contributed by atoms with Crippen LogP contribution in [0, 0.1) is 0 Å². The Morgan fingerprint density at radius 1 is 0.800 bits per heavy atom. The lowest BCUT2D eigenvalue weighted by Crippen LogP contribution is -2.17. The van der Waals surface area contributed by atoms with E-state index in [9.17, 15) is 0 Å². The molecule has 1 aromatic rings. The maximum Gasteiger partial charge on any atom is 0.0250 e. The van der Waals surface area contributed by atoms with Gasteiger partial charge in [-0.3, -0.25) is 0 Å². The van der Waals surface area contributed by atoms with Crippen molar-refractivity contribution in [1.82, 2.24) is 0 Å². The molecule has 0 saturated carbocycles. The fourth-order valence-electron chi connectivity index (χ4n) is 1.69. The molecule has 0 amide bonds. The molecule has 0 aliphatic carbocycles. The minimum absolute atomic E-state index is 0.195. The summed E-state index contributed by atoms with van der Waals surface area (Å²) in [6, 6.07) is 6.57. The van der Waals surface area contributed by atoms with Gasteiger partial charge in [0.2, 0.25) is 0 Å². The molecular formula is C14H21Br. The highest BCUT2D eigenvalue weighted by Gasteiger charge is 2.23. The van der Waals surface area contributed by atoms with Crippen LogP contribution in [0.5, 0.6) is 0 Å². The summed E-state index contributed by atoms with van der Waals surface area (Å²) in [4.78, 5) is 0. The quantitative estimate of drug-likeness (QED) is 0.618. The summed E-state index contributed by atoms with van der Waals surface area (Å²) in [6.07, 6.45) is 0. The SMILES string of the molecule is CC(C)(C)c1cccc(C(C)(C)C)c1Br. The molecule has 0 atom stereocenters. The summed E-state index contributed by atoms with van der Waals surface area (Å²) in [5.74, 6) is 0. The van der Waals surface area contributed by atoms with Crippen molar-refractivity contribution in [3.05, 3.63) is 33.8 Å². The normalized spacial score (nSPS) is 13.0. The average molecular weight is 269 g/mol. The van der Waals surface area contributed by atoms with E-state index < -0.39 is 0 Å². The van der Waals surface area contributed by atoms with E-state index in [1.165, 1.54) is 15.6 Å². The van der Waals surface area contributed by atoms with Crippen molar-refractivity contribution in [2.45, 2.75) is 52.4 Å². The van der Waals surface area contributed by atoms with Gasteiger partial charge in [0.15, 0.2) is 0 Å². The van der Waals surface area contributed by atoms with Crippen LogP contribution in [0.15, 0.2) is 22.7 Å². The summed E-state index contributed by atoms with van der Waals surface area (Å²) in [5.41, 5.74) is 3.16. The van der Waals surface area contributed by atoms with E-state index >= 15 is 0 Å². The Kier molecular flexibility index (Phi) is 3.35. The highest BCUT2D eigenvalue weighted by atomic mass is 79.9. The smallest absolute Gasteiger partial charge is 0.0250 e. The molecule has 0 saturated heterocycles. The second kappa shape index (κ2) is 3.93. The Morgan fingerprint density at radius 3 is 1.40 bits per heavy atom. The van der Waals surface area contributed by atoms with Crippen LogP contribution in [0.25, 0.3) is 0 Å². The molecule has 0 N–H and O–H groups in total. The molecule has 0 fully saturated rings. The zero-order chi connectivity index (χ0) is 11.9. The van der Waals surface area contributed by atoms with Gasteiger partial charge in [0, 0.05) is 4.47 Å². The summed E-state index contributed by atoms with van der Waals surface area (Å²) >= 11 is 3.75. The number of benzene rings is 1. The standard InChI is InChI=1S/C14H21Br/c1-13(2,3)10-8-7-9-11(12(10)15)14(4,5)6/h7-9H,1-6H3. The van der Waals surface area contributed by atoms with Gasteiger partial charge >= 0.3 is 0 Å². The van der Waals surface area contributed by atoms with Gasteiger partial charge in [-0.15, -0.1) is 0 Å². The van der Waals surface area contributed by atoms with E-state index in [0.29, 0.717) is 0 Å². The first-order valence-electron chi connectivity index (χ1n) is 5.43. The van der Waals surface area contributed by atoms with Crippen LogP contribution in [0.4, 0.5) is 0 Å². The molecule has 1 heteroatoms. The third kappa shape index (κ3) is 2.84. The topological polar surface area (TPSA) is 0 Å². The van der Waals surface area contributed by atoms with Crippen LogP contribution in [0.2, 0.25) is 0 Å². The molecule has 1 aromatic carbocycles. The fraction of sp³-hybridized carbons (Fsp3) is 0.571. The first-order chi connectivity index (χ1) is 6.64. The van der Waals surface area contributed by atoms with Crippen LogP contribution in [0.1, 0.15) is 52.7 Å². The summed E-state index contributed by atoms with van der Waals surface area (Å²) in [6.45, 7) is 13.5. The largest absolute Gasteiger partial charge is 0.0616 e. The number of rotatable bonds is 0. The van der Waals surface area contributed by atoms with Gasteiger partial charge in [0.05, 0.1) is 0 Å². The van der Waals surface area contributed by atoms with E-state index in [1.54, 1.807) is 0 Å². The molecular weight excluding hydrogens is 248 g/mol. The van der Waals surface area contributed by atoms with Gasteiger partial charge in [0.25, 0.3) is 0 Å². The van der Waals surface area contributed by atoms with E-state index in [2.05, 4.69) is 75.7 Å². The second-order valence-corrected chi connectivity index (χ2v) is 6.96. The summed E-state index contributed by atoms with van der Waals surface area (Å²) in [5, 5.41) is 0. The van der Waals surface area contributed by atoms with Crippen molar-refractivity contribution in [2.75, 3.05) is 0 Å². The Bertz CT molecular complexity index is 318. The first-order valence-corrected chi connectivity index (χ1v) is 6.23. The Labute approximate surface area is 102 Å². The van der Waals surface area contributed by atoms with Crippen molar-refractivity contribution in [3.8, 4) is 0 Å². The van der Waals surface area contributed by atoms with Gasteiger partial charge in [-0.05, 0) is 22.0 Å². The van der Waals surface area contributed by atoms with Crippen LogP contribution >= 0.6 is 15.9 Å². The number of hydrogen-bond donors (Lipinski definition) is 0. The summed E-state index contributed by atoms with van der Waals surface area (Å²) < 4.78 is 1.27. The van der Waals surface area contributed by atoms with Crippen molar-refractivity contribution < 1.29 is 0 Å². The van der Waals surface area contributed by atoms with Gasteiger partial charge in [-0.25, -0.2) is 0 Å². The second-order valence-electron chi connectivity index (χ2n) is 6.17. The zero-order valence-electron chi connectivity index (χ0n) is 10.6. The highest BCUT2D eigenvalue weighted by molar-refractivity contribution is 9.10. The molecule has 0 radical (unpaired) electrons. The van der Waals surface area contributed by atoms with Crippen LogP contribution in [-0.4, -0.2) is 0 Å². The highest BCUT2D eigenvalue weighted by Crippen LogP contribution is 2.37. The van der Waals surface area contributed by atoms with Crippen molar-refractivity contribution in [3.63, 3.8) is 0 Å². The molecule has 0 unspecified atom stereocenters. The van der Waals surface area contributed by atoms with Gasteiger partial charge in [-0.2, -0.15) is 0 Å². The lowest BCUT2D eigenvalue weighted by Gasteiger charge is -2.27. The summed E-state index contributed by atoms with van der Waals surface area (Å²) in [7, 11) is 0. The van der Waals surface area contributed by atoms with E-state index in [0.717, 1.165) is 0 Å². The van der Waals surface area contributed by atoms with Crippen LogP contribution < -0.4 is 0 Å². The molecule has 15 heavy (non-hydrogen) atoms. The maximum absolute atomic E-state index is 3.75. The monoisotopic (exact) mass is 268 g/mol. The lowest BCUT2D eigenvalue weighted by molar-refractivity contribution is 0.563. The number of hydrogen-bond acceptors (Lipinski definition) is 0. The maximum atomic E-state index is 3.75. The molecule has 0 spiro atoms. The van der Waals surface area contributed by atoms with Crippen LogP contribution in [0.3, 0.4) is 0 Å². The fourth-order valence-corrected chi connectivity index (χ4v) is 3.14. The Balaban J connectivity index is 3.37. The molecule has 0 aliphatic heterocycles. The number of halogens is 1. The van der Waals surface area contributed by atoms with E-state index in [-0.39, 0.29) is 10.8 Å². The van der Waals surface area contributed by atoms with Crippen molar-refractivity contribution >= 4 is 15.9 Å². The zero-order valence-corrected chi connectivity index (χ0v) is 12.2. The van der Waals surface area contributed by atoms with Crippen molar-refractivity contribution in [2.24, 2.45) is 0 Å². The van der Waals surface area contributed by atoms with Crippen LogP contribution in [-0.2, 0) is 10.8 Å². The minimum Gasteiger partial charge on any atom is -0.0616 e. The third-order valence-electron chi connectivity index (χ3n) is 2.61. The van der Waals surface area contributed by atoms with E-state index in [4.69, 9.17) is 0 Å². The molecule has 0 bridgehead atoms. The van der Waals surface area contributed by atoms with Gasteiger partial charge in [-0.1, -0.05) is 75.7 Å². The molecule has 0 nitrogen and oxygen atoms in total. The lowest BCUT2D eigenvalue weighted by atomic mass is 9.81. The third-order valence-corrected chi connectivity index (χ3v) is 3.47.